The molecule has 0 spiro atoms. The van der Waals surface area contributed by atoms with E-state index >= 15 is 0 Å². The summed E-state index contributed by atoms with van der Waals surface area (Å²) in [6, 6.07) is 17.0. The molecule has 142 valence electrons. The lowest BCUT2D eigenvalue weighted by molar-refractivity contribution is 0.0759. The maximum Gasteiger partial charge on any atom is 0.317 e. The lowest BCUT2D eigenvalue weighted by Crippen LogP contribution is -2.42. The number of benzene rings is 2. The van der Waals surface area contributed by atoms with Crippen LogP contribution in [0.5, 0.6) is 5.75 Å². The number of nitrogens with zero attached hydrogens (tertiary/aromatic N) is 2. The van der Waals surface area contributed by atoms with E-state index in [9.17, 15) is 9.59 Å². The molecule has 1 aliphatic rings. The van der Waals surface area contributed by atoms with E-state index in [1.165, 1.54) is 0 Å². The molecular weight excluding hydrogens is 342 g/mol. The molecule has 27 heavy (non-hydrogen) atoms. The summed E-state index contributed by atoms with van der Waals surface area (Å²) >= 11 is 0. The predicted octanol–water partition coefficient (Wildman–Crippen LogP) is 2.75. The minimum absolute atomic E-state index is 0.0565. The second-order valence-corrected chi connectivity index (χ2v) is 6.48. The third kappa shape index (κ3) is 4.78. The van der Waals surface area contributed by atoms with Crippen LogP contribution in [0.1, 0.15) is 22.3 Å². The van der Waals surface area contributed by atoms with Gasteiger partial charge in [-0.3, -0.25) is 4.79 Å². The van der Waals surface area contributed by atoms with Crippen LogP contribution in [0.4, 0.5) is 4.79 Å². The molecule has 1 saturated heterocycles. The van der Waals surface area contributed by atoms with Gasteiger partial charge in [0.2, 0.25) is 0 Å². The van der Waals surface area contributed by atoms with E-state index in [4.69, 9.17) is 4.74 Å². The van der Waals surface area contributed by atoms with Crippen LogP contribution in [-0.4, -0.2) is 55.0 Å². The van der Waals surface area contributed by atoms with Crippen molar-refractivity contribution in [3.8, 4) is 5.75 Å². The lowest BCUT2D eigenvalue weighted by atomic mass is 10.1. The number of methoxy groups -OCH3 is 1. The summed E-state index contributed by atoms with van der Waals surface area (Å²) in [6.45, 7) is 2.78. The molecule has 0 saturated carbocycles. The molecule has 0 aliphatic carbocycles. The Morgan fingerprint density at radius 2 is 1.59 bits per heavy atom. The molecular formula is C21H25N3O3. The summed E-state index contributed by atoms with van der Waals surface area (Å²) in [5, 5.41) is 2.95. The smallest absolute Gasteiger partial charge is 0.317 e. The van der Waals surface area contributed by atoms with E-state index in [-0.39, 0.29) is 11.9 Å². The van der Waals surface area contributed by atoms with Crippen LogP contribution in [-0.2, 0) is 6.54 Å². The first-order chi connectivity index (χ1) is 13.2. The molecule has 3 amide bonds. The highest BCUT2D eigenvalue weighted by atomic mass is 16.5. The number of amides is 3. The molecule has 2 aromatic rings. The molecule has 3 rings (SSSR count). The fourth-order valence-corrected chi connectivity index (χ4v) is 3.20. The van der Waals surface area contributed by atoms with Crippen LogP contribution in [0.15, 0.2) is 54.6 Å². The zero-order valence-electron chi connectivity index (χ0n) is 15.6. The maximum absolute atomic E-state index is 12.8. The van der Waals surface area contributed by atoms with Crippen LogP contribution in [0.2, 0.25) is 0 Å². The molecule has 1 aliphatic heterocycles. The monoisotopic (exact) mass is 367 g/mol. The van der Waals surface area contributed by atoms with Gasteiger partial charge >= 0.3 is 6.03 Å². The first-order valence-electron chi connectivity index (χ1n) is 9.18. The molecule has 6 heteroatoms. The Hall–Kier alpha value is -3.02. The van der Waals surface area contributed by atoms with Gasteiger partial charge in [-0.1, -0.05) is 42.5 Å². The van der Waals surface area contributed by atoms with E-state index in [1.54, 1.807) is 29.0 Å². The zero-order valence-corrected chi connectivity index (χ0v) is 15.6. The van der Waals surface area contributed by atoms with Crippen LogP contribution >= 0.6 is 0 Å². The molecule has 2 aromatic carbocycles. The van der Waals surface area contributed by atoms with E-state index in [0.717, 1.165) is 12.0 Å². The summed E-state index contributed by atoms with van der Waals surface area (Å²) in [7, 11) is 1.56. The quantitative estimate of drug-likeness (QED) is 0.904. The molecule has 0 unspecified atom stereocenters. The summed E-state index contributed by atoms with van der Waals surface area (Å²) < 4.78 is 5.30. The zero-order chi connectivity index (χ0) is 19.1. The van der Waals surface area contributed by atoms with E-state index in [0.29, 0.717) is 44.0 Å². The Bertz CT molecular complexity index is 779. The van der Waals surface area contributed by atoms with E-state index in [1.807, 2.05) is 42.5 Å². The predicted molar refractivity (Wildman–Crippen MR) is 104 cm³/mol. The second-order valence-electron chi connectivity index (χ2n) is 6.48. The third-order valence-electron chi connectivity index (χ3n) is 4.69. The minimum atomic E-state index is -0.0922. The summed E-state index contributed by atoms with van der Waals surface area (Å²) in [4.78, 5) is 28.9. The highest BCUT2D eigenvalue weighted by Crippen LogP contribution is 2.20. The number of ether oxygens (including phenoxy) is 1. The number of rotatable bonds is 4. The van der Waals surface area contributed by atoms with Crippen molar-refractivity contribution in [1.29, 1.82) is 0 Å². The van der Waals surface area contributed by atoms with Gasteiger partial charge in [0, 0.05) is 32.7 Å². The number of hydrogen-bond acceptors (Lipinski definition) is 3. The van der Waals surface area contributed by atoms with Crippen molar-refractivity contribution in [2.75, 3.05) is 33.3 Å². The highest BCUT2D eigenvalue weighted by Gasteiger charge is 2.24. The van der Waals surface area contributed by atoms with E-state index < -0.39 is 0 Å². The van der Waals surface area contributed by atoms with Gasteiger partial charge in [-0.2, -0.15) is 0 Å². The molecule has 6 nitrogen and oxygen atoms in total. The summed E-state index contributed by atoms with van der Waals surface area (Å²) in [6.07, 6.45) is 0.750. The van der Waals surface area contributed by atoms with Gasteiger partial charge in [-0.25, -0.2) is 4.79 Å². The average molecular weight is 367 g/mol. The number of nitrogens with one attached hydrogen (secondary N) is 1. The van der Waals surface area contributed by atoms with Gasteiger partial charge in [0.1, 0.15) is 5.75 Å². The van der Waals surface area contributed by atoms with Crippen molar-refractivity contribution in [2.45, 2.75) is 13.0 Å². The Labute approximate surface area is 159 Å². The molecule has 1 N–H and O–H groups in total. The van der Waals surface area contributed by atoms with Crippen LogP contribution in [0, 0.1) is 0 Å². The molecule has 0 atom stereocenters. The van der Waals surface area contributed by atoms with Crippen LogP contribution in [0.25, 0.3) is 0 Å². The largest absolute Gasteiger partial charge is 0.496 e. The Balaban J connectivity index is 1.56. The first kappa shape index (κ1) is 18.8. The summed E-state index contributed by atoms with van der Waals surface area (Å²) in [5.41, 5.74) is 1.62. The lowest BCUT2D eigenvalue weighted by Gasteiger charge is -2.23. The van der Waals surface area contributed by atoms with Gasteiger partial charge in [-0.05, 0) is 24.1 Å². The normalized spacial score (nSPS) is 14.4. The third-order valence-corrected chi connectivity index (χ3v) is 4.69. The number of urea groups is 1. The van der Waals surface area contributed by atoms with Crippen LogP contribution in [0.3, 0.4) is 0 Å². The maximum atomic E-state index is 12.8. The van der Waals surface area contributed by atoms with E-state index in [2.05, 4.69) is 5.32 Å². The Morgan fingerprint density at radius 3 is 2.37 bits per heavy atom. The number of hydrogen-bond donors (Lipinski definition) is 1. The SMILES string of the molecule is COc1ccccc1C(=O)N1CCCN(C(=O)NCc2ccccc2)CC1. The second kappa shape index (κ2) is 9.07. The Kier molecular flexibility index (Phi) is 6.30. The standard InChI is InChI=1S/C21H25N3O3/c1-27-19-11-6-5-10-18(19)20(25)23-12-7-13-24(15-14-23)21(26)22-16-17-8-3-2-4-9-17/h2-6,8-11H,7,12-16H2,1H3,(H,22,26). The van der Waals surface area contributed by atoms with Crippen LogP contribution < -0.4 is 10.1 Å². The van der Waals surface area contributed by atoms with Crippen molar-refractivity contribution in [2.24, 2.45) is 0 Å². The number of carbonyl (C=O) groups excluding carboxylic acids is 2. The molecule has 1 heterocycles. The first-order valence-corrected chi connectivity index (χ1v) is 9.18. The van der Waals surface area contributed by atoms with Crippen molar-refractivity contribution >= 4 is 11.9 Å². The molecule has 0 bridgehead atoms. The van der Waals surface area contributed by atoms with Gasteiger partial charge < -0.3 is 19.9 Å². The fourth-order valence-electron chi connectivity index (χ4n) is 3.20. The van der Waals surface area contributed by atoms with Gasteiger partial charge in [0.05, 0.1) is 12.7 Å². The number of carbonyl (C=O) groups is 2. The average Bonchev–Trinajstić information content (AvgIpc) is 2.98. The van der Waals surface area contributed by atoms with Crippen molar-refractivity contribution in [3.05, 3.63) is 65.7 Å². The topological polar surface area (TPSA) is 61.9 Å². The summed E-state index contributed by atoms with van der Waals surface area (Å²) in [5.74, 6) is 0.517. The Morgan fingerprint density at radius 1 is 0.926 bits per heavy atom. The number of para-hydroxylation sites is 1. The van der Waals surface area contributed by atoms with Gasteiger partial charge in [0.25, 0.3) is 5.91 Å². The minimum Gasteiger partial charge on any atom is -0.496 e. The fraction of sp³-hybridized carbons (Fsp3) is 0.333. The molecule has 0 radical (unpaired) electrons. The molecule has 1 fully saturated rings. The van der Waals surface area contributed by atoms with Gasteiger partial charge in [-0.15, -0.1) is 0 Å². The van der Waals surface area contributed by atoms with Crippen molar-refractivity contribution in [3.63, 3.8) is 0 Å². The van der Waals surface area contributed by atoms with Crippen molar-refractivity contribution < 1.29 is 14.3 Å². The van der Waals surface area contributed by atoms with Crippen molar-refractivity contribution in [1.82, 2.24) is 15.1 Å². The highest BCUT2D eigenvalue weighted by molar-refractivity contribution is 5.97. The van der Waals surface area contributed by atoms with Gasteiger partial charge in [0.15, 0.2) is 0 Å². The molecule has 0 aromatic heterocycles.